The Bertz CT molecular complexity index is 597. The molecule has 1 rings (SSSR count). The fourth-order valence-electron chi connectivity index (χ4n) is 1.56. The lowest BCUT2D eigenvalue weighted by atomic mass is 10.3. The number of hydrogen-bond donors (Lipinski definition) is 2. The summed E-state index contributed by atoms with van der Waals surface area (Å²) in [6.07, 6.45) is -1.90. The molecular formula is C14H17N3O7. The average Bonchev–Trinajstić information content (AvgIpc) is 2.50. The zero-order valence-electron chi connectivity index (χ0n) is 13.1. The minimum Gasteiger partial charge on any atom is -0.427 e. The molecular weight excluding hydrogens is 322 g/mol. The third-order valence-corrected chi connectivity index (χ3v) is 2.67. The van der Waals surface area contributed by atoms with Gasteiger partial charge in [0.05, 0.1) is 18.0 Å². The molecule has 0 aliphatic rings. The van der Waals surface area contributed by atoms with Gasteiger partial charge in [0, 0.05) is 26.0 Å². The van der Waals surface area contributed by atoms with Crippen LogP contribution in [0.3, 0.4) is 0 Å². The molecule has 24 heavy (non-hydrogen) atoms. The van der Waals surface area contributed by atoms with Gasteiger partial charge in [-0.15, -0.1) is 0 Å². The van der Waals surface area contributed by atoms with E-state index in [2.05, 4.69) is 10.6 Å². The SMILES string of the molecule is CC(=O)NCC(CNC(C)=O)OC(=O)Oc1ccc([N+](=O)[O-])cc1. The number of benzene rings is 1. The first kappa shape index (κ1) is 18.9. The Balaban J connectivity index is 2.60. The maximum atomic E-state index is 11.7. The molecule has 10 nitrogen and oxygen atoms in total. The van der Waals surface area contributed by atoms with Gasteiger partial charge in [-0.05, 0) is 12.1 Å². The molecule has 0 fully saturated rings. The molecule has 2 amide bonds. The summed E-state index contributed by atoms with van der Waals surface area (Å²) in [4.78, 5) is 43.5. The third-order valence-electron chi connectivity index (χ3n) is 2.67. The molecule has 0 aromatic heterocycles. The highest BCUT2D eigenvalue weighted by Crippen LogP contribution is 2.17. The van der Waals surface area contributed by atoms with Gasteiger partial charge < -0.3 is 20.1 Å². The normalized spacial score (nSPS) is 9.96. The Morgan fingerprint density at radius 1 is 1.08 bits per heavy atom. The van der Waals surface area contributed by atoms with Crippen LogP contribution in [0, 0.1) is 10.1 Å². The zero-order chi connectivity index (χ0) is 18.1. The number of nitro groups is 1. The largest absolute Gasteiger partial charge is 0.514 e. The van der Waals surface area contributed by atoms with Crippen LogP contribution in [-0.2, 0) is 14.3 Å². The van der Waals surface area contributed by atoms with Crippen molar-refractivity contribution in [3.8, 4) is 5.75 Å². The number of carbonyl (C=O) groups is 3. The molecule has 0 bridgehead atoms. The summed E-state index contributed by atoms with van der Waals surface area (Å²) in [7, 11) is 0. The van der Waals surface area contributed by atoms with Gasteiger partial charge in [0.1, 0.15) is 11.9 Å². The van der Waals surface area contributed by atoms with Crippen LogP contribution in [-0.4, -0.2) is 42.1 Å². The van der Waals surface area contributed by atoms with E-state index in [1.807, 2.05) is 0 Å². The predicted octanol–water partition coefficient (Wildman–Crippen LogP) is 0.751. The van der Waals surface area contributed by atoms with Gasteiger partial charge in [-0.3, -0.25) is 19.7 Å². The first-order valence-electron chi connectivity index (χ1n) is 6.89. The monoisotopic (exact) mass is 339 g/mol. The summed E-state index contributed by atoms with van der Waals surface area (Å²) >= 11 is 0. The van der Waals surface area contributed by atoms with E-state index in [1.165, 1.54) is 38.1 Å². The van der Waals surface area contributed by atoms with Gasteiger partial charge in [0.2, 0.25) is 11.8 Å². The maximum absolute atomic E-state index is 11.7. The van der Waals surface area contributed by atoms with Crippen molar-refractivity contribution in [1.29, 1.82) is 0 Å². The Morgan fingerprint density at radius 3 is 2.00 bits per heavy atom. The van der Waals surface area contributed by atoms with E-state index in [-0.39, 0.29) is 36.3 Å². The highest BCUT2D eigenvalue weighted by molar-refractivity contribution is 5.73. The Hall–Kier alpha value is -3.17. The van der Waals surface area contributed by atoms with Crippen LogP contribution in [0.5, 0.6) is 5.75 Å². The fraction of sp³-hybridized carbons (Fsp3) is 0.357. The molecule has 130 valence electrons. The van der Waals surface area contributed by atoms with Crippen LogP contribution < -0.4 is 15.4 Å². The number of hydrogen-bond acceptors (Lipinski definition) is 7. The molecule has 0 unspecified atom stereocenters. The fourth-order valence-corrected chi connectivity index (χ4v) is 1.56. The smallest absolute Gasteiger partial charge is 0.427 e. The summed E-state index contributed by atoms with van der Waals surface area (Å²) in [6.45, 7) is 2.57. The average molecular weight is 339 g/mol. The second kappa shape index (κ2) is 9.08. The number of nitrogens with one attached hydrogen (secondary N) is 2. The Labute approximate surface area is 137 Å². The first-order chi connectivity index (χ1) is 11.3. The molecule has 0 saturated carbocycles. The van der Waals surface area contributed by atoms with Crippen molar-refractivity contribution >= 4 is 23.7 Å². The first-order valence-corrected chi connectivity index (χ1v) is 6.89. The molecule has 0 aliphatic carbocycles. The lowest BCUT2D eigenvalue weighted by Crippen LogP contribution is -2.42. The van der Waals surface area contributed by atoms with Crippen molar-refractivity contribution in [2.75, 3.05) is 13.1 Å². The second-order valence-corrected chi connectivity index (χ2v) is 4.72. The van der Waals surface area contributed by atoms with E-state index >= 15 is 0 Å². The van der Waals surface area contributed by atoms with Crippen molar-refractivity contribution in [2.45, 2.75) is 20.0 Å². The molecule has 0 saturated heterocycles. The van der Waals surface area contributed by atoms with Gasteiger partial charge in [-0.2, -0.15) is 0 Å². The topological polar surface area (TPSA) is 137 Å². The molecule has 2 N–H and O–H groups in total. The summed E-state index contributed by atoms with van der Waals surface area (Å²) in [5.74, 6) is -0.589. The molecule has 1 aromatic rings. The van der Waals surface area contributed by atoms with E-state index in [0.717, 1.165) is 0 Å². The number of amides is 2. The van der Waals surface area contributed by atoms with E-state index < -0.39 is 17.2 Å². The molecule has 0 atom stereocenters. The number of ether oxygens (including phenoxy) is 2. The van der Waals surface area contributed by atoms with Gasteiger partial charge in [-0.1, -0.05) is 0 Å². The number of carbonyl (C=O) groups excluding carboxylic acids is 3. The quantitative estimate of drug-likeness (QED) is 0.323. The van der Waals surface area contributed by atoms with Gasteiger partial charge in [-0.25, -0.2) is 4.79 Å². The van der Waals surface area contributed by atoms with E-state index in [1.54, 1.807) is 0 Å². The van der Waals surface area contributed by atoms with Crippen LogP contribution in [0.1, 0.15) is 13.8 Å². The molecule has 0 heterocycles. The number of nitro benzene ring substituents is 1. The lowest BCUT2D eigenvalue weighted by Gasteiger charge is -2.18. The molecule has 0 spiro atoms. The maximum Gasteiger partial charge on any atom is 0.514 e. The van der Waals surface area contributed by atoms with Crippen molar-refractivity contribution in [3.05, 3.63) is 34.4 Å². The van der Waals surface area contributed by atoms with E-state index in [4.69, 9.17) is 9.47 Å². The van der Waals surface area contributed by atoms with Crippen LogP contribution in [0.15, 0.2) is 24.3 Å². The van der Waals surface area contributed by atoms with Crippen LogP contribution in [0.2, 0.25) is 0 Å². The molecule has 0 aliphatic heterocycles. The van der Waals surface area contributed by atoms with Crippen LogP contribution in [0.4, 0.5) is 10.5 Å². The highest BCUT2D eigenvalue weighted by Gasteiger charge is 2.17. The lowest BCUT2D eigenvalue weighted by molar-refractivity contribution is -0.384. The van der Waals surface area contributed by atoms with Crippen molar-refractivity contribution in [2.24, 2.45) is 0 Å². The number of non-ortho nitro benzene ring substituents is 1. The van der Waals surface area contributed by atoms with Gasteiger partial charge in [0.25, 0.3) is 5.69 Å². The van der Waals surface area contributed by atoms with Crippen LogP contribution in [0.25, 0.3) is 0 Å². The minimum atomic E-state index is -1.07. The predicted molar refractivity (Wildman–Crippen MR) is 81.4 cm³/mol. The molecule has 0 radical (unpaired) electrons. The summed E-state index contributed by atoms with van der Waals surface area (Å²) < 4.78 is 9.89. The zero-order valence-corrected chi connectivity index (χ0v) is 13.1. The Kier molecular flexibility index (Phi) is 7.14. The van der Waals surface area contributed by atoms with E-state index in [9.17, 15) is 24.5 Å². The summed E-state index contributed by atoms with van der Waals surface area (Å²) in [5, 5.41) is 15.5. The summed E-state index contributed by atoms with van der Waals surface area (Å²) in [5.41, 5.74) is -0.148. The summed E-state index contributed by atoms with van der Waals surface area (Å²) in [6, 6.07) is 4.84. The highest BCUT2D eigenvalue weighted by atomic mass is 16.7. The molecule has 10 heteroatoms. The van der Waals surface area contributed by atoms with Crippen LogP contribution >= 0.6 is 0 Å². The molecule has 1 aromatic carbocycles. The van der Waals surface area contributed by atoms with Crippen molar-refractivity contribution in [3.63, 3.8) is 0 Å². The van der Waals surface area contributed by atoms with Gasteiger partial charge in [0.15, 0.2) is 0 Å². The standard InChI is InChI=1S/C14H17N3O7/c1-9(18)15-7-13(8-16-10(2)19)24-14(20)23-12-5-3-11(4-6-12)17(21)22/h3-6,13H,7-8H2,1-2H3,(H,15,18)(H,16,19). The Morgan fingerprint density at radius 2 is 1.58 bits per heavy atom. The van der Waals surface area contributed by atoms with E-state index in [0.29, 0.717) is 0 Å². The van der Waals surface area contributed by atoms with Crippen molar-refractivity contribution < 1.29 is 28.8 Å². The third kappa shape index (κ3) is 7.20. The minimum absolute atomic E-state index is 0.00895. The number of rotatable bonds is 7. The second-order valence-electron chi connectivity index (χ2n) is 4.72. The van der Waals surface area contributed by atoms with Gasteiger partial charge >= 0.3 is 6.16 Å². The number of nitrogens with zero attached hydrogens (tertiary/aromatic N) is 1. The van der Waals surface area contributed by atoms with Crippen molar-refractivity contribution in [1.82, 2.24) is 10.6 Å².